The maximum absolute atomic E-state index is 13.1. The van der Waals surface area contributed by atoms with Gasteiger partial charge in [0.15, 0.2) is 0 Å². The molecule has 0 aromatic heterocycles. The maximum Gasteiger partial charge on any atom is 0.308 e. The van der Waals surface area contributed by atoms with Gasteiger partial charge in [0.1, 0.15) is 5.82 Å². The molecule has 0 saturated heterocycles. The van der Waals surface area contributed by atoms with Crippen molar-refractivity contribution in [1.82, 2.24) is 4.90 Å². The number of likely N-dealkylation sites (N-methyl/N-ethyl adjacent to an activating group) is 1. The molecule has 0 saturated carbocycles. The van der Waals surface area contributed by atoms with Crippen LogP contribution < -0.4 is 0 Å². The Hall–Kier alpha value is -2.44. The van der Waals surface area contributed by atoms with E-state index < -0.39 is 11.9 Å². The molecule has 1 rings (SSSR count). The van der Waals surface area contributed by atoms with Gasteiger partial charge in [0.25, 0.3) is 0 Å². The fourth-order valence-electron chi connectivity index (χ4n) is 2.65. The van der Waals surface area contributed by atoms with Crippen molar-refractivity contribution in [3.8, 4) is 0 Å². The Bertz CT molecular complexity index is 617. The molecular weight excluding hydrogens is 341 g/mol. The average molecular weight is 367 g/mol. The summed E-state index contributed by atoms with van der Waals surface area (Å²) in [6.45, 7) is 3.73. The van der Waals surface area contributed by atoms with Gasteiger partial charge in [0.2, 0.25) is 5.91 Å². The van der Waals surface area contributed by atoms with Crippen LogP contribution in [0.15, 0.2) is 24.3 Å². The molecule has 0 aliphatic heterocycles. The van der Waals surface area contributed by atoms with Gasteiger partial charge in [-0.15, -0.1) is 0 Å². The Morgan fingerprint density at radius 1 is 1.19 bits per heavy atom. The molecule has 0 heterocycles. The van der Waals surface area contributed by atoms with E-state index in [4.69, 9.17) is 9.84 Å². The zero-order valence-corrected chi connectivity index (χ0v) is 15.4. The Labute approximate surface area is 152 Å². The molecule has 1 N–H and O–H groups in total. The van der Waals surface area contributed by atoms with Crippen molar-refractivity contribution >= 4 is 17.8 Å². The van der Waals surface area contributed by atoms with Crippen molar-refractivity contribution in [1.29, 1.82) is 0 Å². The molecular formula is C19H26FNO5. The number of hydrogen-bond acceptors (Lipinski definition) is 4. The molecule has 6 nitrogen and oxygen atoms in total. The zero-order valence-electron chi connectivity index (χ0n) is 15.4. The van der Waals surface area contributed by atoms with Crippen LogP contribution in [0.3, 0.4) is 0 Å². The number of esters is 1. The monoisotopic (exact) mass is 367 g/mol. The SMILES string of the molecule is CCOC(=O)C(C)C[C@@H](Cc1ccc(F)cc1)N(C)C(=O)CCC(=O)O. The number of carbonyl (C=O) groups excluding carboxylic acids is 2. The summed E-state index contributed by atoms with van der Waals surface area (Å²) >= 11 is 0. The fraction of sp³-hybridized carbons (Fsp3) is 0.526. The van der Waals surface area contributed by atoms with Crippen LogP contribution in [0.1, 0.15) is 38.7 Å². The van der Waals surface area contributed by atoms with Gasteiger partial charge in [-0.3, -0.25) is 14.4 Å². The minimum atomic E-state index is -1.04. The molecule has 0 bridgehead atoms. The van der Waals surface area contributed by atoms with E-state index in [0.717, 1.165) is 5.56 Å². The van der Waals surface area contributed by atoms with Crippen LogP contribution in [0.2, 0.25) is 0 Å². The predicted octanol–water partition coefficient (Wildman–Crippen LogP) is 2.65. The van der Waals surface area contributed by atoms with E-state index in [2.05, 4.69) is 0 Å². The lowest BCUT2D eigenvalue weighted by molar-refractivity contribution is -0.148. The molecule has 7 heteroatoms. The quantitative estimate of drug-likeness (QED) is 0.643. The summed E-state index contributed by atoms with van der Waals surface area (Å²) in [5, 5.41) is 8.75. The van der Waals surface area contributed by atoms with Gasteiger partial charge in [0, 0.05) is 19.5 Å². The number of hydrogen-bond donors (Lipinski definition) is 1. The fourth-order valence-corrected chi connectivity index (χ4v) is 2.65. The molecule has 1 aromatic carbocycles. The Balaban J connectivity index is 2.88. The second-order valence-corrected chi connectivity index (χ2v) is 6.27. The second kappa shape index (κ2) is 10.5. The summed E-state index contributed by atoms with van der Waals surface area (Å²) in [4.78, 5) is 36.4. The molecule has 0 radical (unpaired) electrons. The highest BCUT2D eigenvalue weighted by Crippen LogP contribution is 2.19. The first-order valence-electron chi connectivity index (χ1n) is 8.63. The van der Waals surface area contributed by atoms with Crippen LogP contribution in [0.25, 0.3) is 0 Å². The van der Waals surface area contributed by atoms with E-state index >= 15 is 0 Å². The third-order valence-corrected chi connectivity index (χ3v) is 4.19. The smallest absolute Gasteiger partial charge is 0.308 e. The topological polar surface area (TPSA) is 83.9 Å². The molecule has 2 atom stereocenters. The lowest BCUT2D eigenvalue weighted by atomic mass is 9.94. The van der Waals surface area contributed by atoms with Crippen LogP contribution in [0.4, 0.5) is 4.39 Å². The highest BCUT2D eigenvalue weighted by atomic mass is 19.1. The van der Waals surface area contributed by atoms with Crippen LogP contribution in [0, 0.1) is 11.7 Å². The number of aliphatic carboxylic acids is 1. The van der Waals surface area contributed by atoms with E-state index in [1.165, 1.54) is 17.0 Å². The number of benzene rings is 1. The lowest BCUT2D eigenvalue weighted by Crippen LogP contribution is -2.40. The van der Waals surface area contributed by atoms with Crippen LogP contribution in [0.5, 0.6) is 0 Å². The minimum Gasteiger partial charge on any atom is -0.481 e. The maximum atomic E-state index is 13.1. The van der Waals surface area contributed by atoms with Gasteiger partial charge >= 0.3 is 11.9 Å². The van der Waals surface area contributed by atoms with E-state index in [9.17, 15) is 18.8 Å². The molecule has 144 valence electrons. The first kappa shape index (κ1) is 21.6. The molecule has 0 fully saturated rings. The summed E-state index contributed by atoms with van der Waals surface area (Å²) in [7, 11) is 1.59. The van der Waals surface area contributed by atoms with Gasteiger partial charge < -0.3 is 14.7 Å². The highest BCUT2D eigenvalue weighted by Gasteiger charge is 2.26. The molecule has 0 spiro atoms. The number of halogens is 1. The normalized spacial score (nSPS) is 12.9. The molecule has 0 aliphatic rings. The van der Waals surface area contributed by atoms with Gasteiger partial charge in [-0.05, 0) is 37.5 Å². The number of rotatable bonds is 10. The lowest BCUT2D eigenvalue weighted by Gasteiger charge is -2.30. The van der Waals surface area contributed by atoms with E-state index in [1.54, 1.807) is 33.0 Å². The van der Waals surface area contributed by atoms with Crippen molar-refractivity contribution in [3.05, 3.63) is 35.6 Å². The van der Waals surface area contributed by atoms with Crippen LogP contribution >= 0.6 is 0 Å². The van der Waals surface area contributed by atoms with Gasteiger partial charge in [0.05, 0.1) is 18.9 Å². The highest BCUT2D eigenvalue weighted by molar-refractivity contribution is 5.81. The molecule has 1 unspecified atom stereocenters. The Morgan fingerprint density at radius 3 is 2.35 bits per heavy atom. The van der Waals surface area contributed by atoms with Crippen LogP contribution in [-0.2, 0) is 25.5 Å². The molecule has 26 heavy (non-hydrogen) atoms. The summed E-state index contributed by atoms with van der Waals surface area (Å²) in [6, 6.07) is 5.61. The zero-order chi connectivity index (χ0) is 19.7. The molecule has 0 aliphatic carbocycles. The Kier molecular flexibility index (Phi) is 8.75. The van der Waals surface area contributed by atoms with Crippen molar-refractivity contribution < 1.29 is 28.6 Å². The number of ether oxygens (including phenoxy) is 1. The third-order valence-electron chi connectivity index (χ3n) is 4.19. The number of nitrogens with zero attached hydrogens (tertiary/aromatic N) is 1. The van der Waals surface area contributed by atoms with Gasteiger partial charge in [-0.2, -0.15) is 0 Å². The average Bonchev–Trinajstić information content (AvgIpc) is 2.60. The van der Waals surface area contributed by atoms with Gasteiger partial charge in [-0.1, -0.05) is 19.1 Å². The van der Waals surface area contributed by atoms with Crippen molar-refractivity contribution in [2.45, 2.75) is 45.6 Å². The van der Waals surface area contributed by atoms with Crippen LogP contribution in [-0.4, -0.2) is 47.5 Å². The largest absolute Gasteiger partial charge is 0.481 e. The van der Waals surface area contributed by atoms with E-state index in [1.807, 2.05) is 0 Å². The van der Waals surface area contributed by atoms with E-state index in [0.29, 0.717) is 12.8 Å². The first-order valence-corrected chi connectivity index (χ1v) is 8.63. The number of carbonyl (C=O) groups is 3. The van der Waals surface area contributed by atoms with E-state index in [-0.39, 0.29) is 43.2 Å². The standard InChI is InChI=1S/C19H26FNO5/c1-4-26-19(25)13(2)11-16(12-14-5-7-15(20)8-6-14)21(3)17(22)9-10-18(23)24/h5-8,13,16H,4,9-12H2,1-3H3,(H,23,24)/t13?,16-/m0/s1. The predicted molar refractivity (Wildman–Crippen MR) is 93.9 cm³/mol. The van der Waals surface area contributed by atoms with Crippen molar-refractivity contribution in [2.24, 2.45) is 5.92 Å². The summed E-state index contributed by atoms with van der Waals surface area (Å²) in [6.07, 6.45) is 0.435. The third kappa shape index (κ3) is 7.21. The number of amides is 1. The Morgan fingerprint density at radius 2 is 1.81 bits per heavy atom. The number of carboxylic acid groups (broad SMARTS) is 1. The minimum absolute atomic E-state index is 0.112. The molecule has 1 aromatic rings. The number of carboxylic acids is 1. The summed E-state index contributed by atoms with van der Waals surface area (Å²) in [5.74, 6) is -2.47. The summed E-state index contributed by atoms with van der Waals surface area (Å²) < 4.78 is 18.1. The van der Waals surface area contributed by atoms with Crippen molar-refractivity contribution in [3.63, 3.8) is 0 Å². The summed E-state index contributed by atoms with van der Waals surface area (Å²) in [5.41, 5.74) is 0.824. The van der Waals surface area contributed by atoms with Crippen molar-refractivity contribution in [2.75, 3.05) is 13.7 Å². The molecule has 1 amide bonds. The second-order valence-electron chi connectivity index (χ2n) is 6.27. The van der Waals surface area contributed by atoms with Gasteiger partial charge in [-0.25, -0.2) is 4.39 Å². The first-order chi connectivity index (χ1) is 12.2.